The highest BCUT2D eigenvalue weighted by atomic mass is 16.5. The Hall–Kier alpha value is -2.31. The molecule has 0 unspecified atom stereocenters. The summed E-state index contributed by atoms with van der Waals surface area (Å²) < 4.78 is 10.3. The molecule has 1 atom stereocenters. The van der Waals surface area contributed by atoms with Gasteiger partial charge in [0.15, 0.2) is 5.76 Å². The van der Waals surface area contributed by atoms with Gasteiger partial charge in [0.25, 0.3) is 5.91 Å². The summed E-state index contributed by atoms with van der Waals surface area (Å²) in [6, 6.07) is 2.66. The predicted octanol–water partition coefficient (Wildman–Crippen LogP) is 0.954. The van der Waals surface area contributed by atoms with E-state index in [0.717, 1.165) is 6.42 Å². The average Bonchev–Trinajstić information content (AvgIpc) is 3.17. The highest BCUT2D eigenvalue weighted by Gasteiger charge is 2.36. The molecule has 22 heavy (non-hydrogen) atoms. The molecule has 0 aromatic carbocycles. The summed E-state index contributed by atoms with van der Waals surface area (Å²) in [6.07, 6.45) is 3.33. The number of nitrogens with zero attached hydrogens (tertiary/aromatic N) is 1. The van der Waals surface area contributed by atoms with Gasteiger partial charge in [-0.15, -0.1) is 0 Å². The molecule has 1 saturated heterocycles. The number of hydrogen-bond acceptors (Lipinski definition) is 5. The summed E-state index contributed by atoms with van der Waals surface area (Å²) in [5.41, 5.74) is 0. The molecular formula is C15H20N2O5. The molecule has 1 aromatic heterocycles. The first-order chi connectivity index (χ1) is 10.6. The third-order valence-electron chi connectivity index (χ3n) is 3.46. The number of likely N-dealkylation sites (tertiary alicyclic amines) is 1. The molecule has 7 heteroatoms. The second-order valence-corrected chi connectivity index (χ2v) is 5.14. The highest BCUT2D eigenvalue weighted by molar-refractivity contribution is 5.94. The van der Waals surface area contributed by atoms with Crippen molar-refractivity contribution in [2.75, 3.05) is 19.7 Å². The van der Waals surface area contributed by atoms with Crippen molar-refractivity contribution in [1.29, 1.82) is 0 Å². The van der Waals surface area contributed by atoms with E-state index >= 15 is 0 Å². The first-order valence-corrected chi connectivity index (χ1v) is 7.35. The maximum atomic E-state index is 12.3. The Morgan fingerprint density at radius 3 is 2.95 bits per heavy atom. The van der Waals surface area contributed by atoms with Crippen LogP contribution in [0.25, 0.3) is 0 Å². The molecule has 0 saturated carbocycles. The molecule has 2 rings (SSSR count). The van der Waals surface area contributed by atoms with Crippen LogP contribution in [0.3, 0.4) is 0 Å². The molecule has 1 aliphatic rings. The van der Waals surface area contributed by atoms with E-state index < -0.39 is 12.0 Å². The average molecular weight is 308 g/mol. The van der Waals surface area contributed by atoms with E-state index in [4.69, 9.17) is 9.15 Å². The first kappa shape index (κ1) is 16.1. The van der Waals surface area contributed by atoms with E-state index in [1.54, 1.807) is 12.1 Å². The second-order valence-electron chi connectivity index (χ2n) is 5.14. The van der Waals surface area contributed by atoms with Gasteiger partial charge in [0.2, 0.25) is 5.91 Å². The van der Waals surface area contributed by atoms with Gasteiger partial charge in [-0.1, -0.05) is 0 Å². The van der Waals surface area contributed by atoms with Crippen LogP contribution in [0.15, 0.2) is 22.8 Å². The standard InChI is InChI=1S/C15H20N2O5/c1-11(18)16-7-4-10-22-15(20)12-5-2-8-17(12)14(19)13-6-3-9-21-13/h3,6,9,12H,2,4-5,7-8,10H2,1H3,(H,16,18)/t12-/m0/s1. The zero-order valence-electron chi connectivity index (χ0n) is 12.5. The zero-order valence-corrected chi connectivity index (χ0v) is 12.5. The maximum absolute atomic E-state index is 12.3. The van der Waals surface area contributed by atoms with Crippen molar-refractivity contribution in [3.8, 4) is 0 Å². The molecule has 1 fully saturated rings. The van der Waals surface area contributed by atoms with Crippen molar-refractivity contribution >= 4 is 17.8 Å². The van der Waals surface area contributed by atoms with Crippen LogP contribution in [0.1, 0.15) is 36.7 Å². The van der Waals surface area contributed by atoms with Gasteiger partial charge in [-0.3, -0.25) is 9.59 Å². The largest absolute Gasteiger partial charge is 0.464 e. The fourth-order valence-corrected chi connectivity index (χ4v) is 2.40. The van der Waals surface area contributed by atoms with Crippen molar-refractivity contribution in [3.63, 3.8) is 0 Å². The Bertz CT molecular complexity index is 526. The molecule has 0 aliphatic carbocycles. The normalized spacial score (nSPS) is 17.3. The molecule has 7 nitrogen and oxygen atoms in total. The van der Waals surface area contributed by atoms with Crippen LogP contribution in [0.5, 0.6) is 0 Å². The molecule has 1 aromatic rings. The Balaban J connectivity index is 1.81. The van der Waals surface area contributed by atoms with E-state index in [1.165, 1.54) is 18.1 Å². The lowest BCUT2D eigenvalue weighted by Crippen LogP contribution is -2.41. The van der Waals surface area contributed by atoms with Crippen molar-refractivity contribution < 1.29 is 23.5 Å². The fourth-order valence-electron chi connectivity index (χ4n) is 2.40. The van der Waals surface area contributed by atoms with Crippen molar-refractivity contribution in [2.45, 2.75) is 32.2 Å². The summed E-state index contributed by atoms with van der Waals surface area (Å²) in [5.74, 6) is -0.578. The van der Waals surface area contributed by atoms with Crippen LogP contribution in [0.2, 0.25) is 0 Å². The minimum Gasteiger partial charge on any atom is -0.464 e. The number of carbonyl (C=O) groups excluding carboxylic acids is 3. The van der Waals surface area contributed by atoms with E-state index in [1.807, 2.05) is 0 Å². The van der Waals surface area contributed by atoms with Crippen molar-refractivity contribution in [1.82, 2.24) is 10.2 Å². The summed E-state index contributed by atoms with van der Waals surface area (Å²) in [6.45, 7) is 2.63. The third kappa shape index (κ3) is 4.09. The quantitative estimate of drug-likeness (QED) is 0.624. The lowest BCUT2D eigenvalue weighted by Gasteiger charge is -2.22. The first-order valence-electron chi connectivity index (χ1n) is 7.35. The van der Waals surface area contributed by atoms with E-state index in [-0.39, 0.29) is 24.2 Å². The lowest BCUT2D eigenvalue weighted by atomic mass is 10.2. The van der Waals surface area contributed by atoms with E-state index in [2.05, 4.69) is 5.32 Å². The maximum Gasteiger partial charge on any atom is 0.328 e. The van der Waals surface area contributed by atoms with Gasteiger partial charge < -0.3 is 19.4 Å². The minimum absolute atomic E-state index is 0.114. The van der Waals surface area contributed by atoms with Crippen LogP contribution >= 0.6 is 0 Å². The smallest absolute Gasteiger partial charge is 0.328 e. The monoisotopic (exact) mass is 308 g/mol. The SMILES string of the molecule is CC(=O)NCCCOC(=O)[C@@H]1CCCN1C(=O)c1ccco1. The van der Waals surface area contributed by atoms with E-state index in [0.29, 0.717) is 25.9 Å². The lowest BCUT2D eigenvalue weighted by molar-refractivity contribution is -0.148. The molecule has 1 N–H and O–H groups in total. The van der Waals surface area contributed by atoms with Gasteiger partial charge >= 0.3 is 5.97 Å². The van der Waals surface area contributed by atoms with E-state index in [9.17, 15) is 14.4 Å². The number of nitrogens with one attached hydrogen (secondary N) is 1. The number of rotatable bonds is 6. The number of carbonyl (C=O) groups is 3. The molecule has 0 radical (unpaired) electrons. The van der Waals surface area contributed by atoms with Gasteiger partial charge in [-0.05, 0) is 31.4 Å². The van der Waals surface area contributed by atoms with Crippen LogP contribution in [0.4, 0.5) is 0 Å². The number of esters is 1. The van der Waals surface area contributed by atoms with Crippen LogP contribution in [-0.4, -0.2) is 48.4 Å². The van der Waals surface area contributed by atoms with Gasteiger partial charge in [0.1, 0.15) is 6.04 Å². The highest BCUT2D eigenvalue weighted by Crippen LogP contribution is 2.21. The molecule has 1 aliphatic heterocycles. The van der Waals surface area contributed by atoms with Crippen LogP contribution in [-0.2, 0) is 14.3 Å². The predicted molar refractivity (Wildman–Crippen MR) is 77.0 cm³/mol. The summed E-state index contributed by atoms with van der Waals surface area (Å²) >= 11 is 0. The second kappa shape index (κ2) is 7.63. The molecule has 2 amide bonds. The summed E-state index contributed by atoms with van der Waals surface area (Å²) in [4.78, 5) is 36.5. The van der Waals surface area contributed by atoms with Crippen LogP contribution < -0.4 is 5.32 Å². The van der Waals surface area contributed by atoms with Gasteiger partial charge in [-0.2, -0.15) is 0 Å². The molecule has 120 valence electrons. The van der Waals surface area contributed by atoms with Gasteiger partial charge in [0.05, 0.1) is 12.9 Å². The van der Waals surface area contributed by atoms with Crippen molar-refractivity contribution in [2.24, 2.45) is 0 Å². The Morgan fingerprint density at radius 2 is 2.27 bits per heavy atom. The third-order valence-corrected chi connectivity index (χ3v) is 3.46. The number of amides is 2. The number of hydrogen-bond donors (Lipinski definition) is 1. The van der Waals surface area contributed by atoms with Crippen LogP contribution in [0, 0.1) is 0 Å². The summed E-state index contributed by atoms with van der Waals surface area (Å²) in [5, 5.41) is 2.63. The van der Waals surface area contributed by atoms with Gasteiger partial charge in [0, 0.05) is 20.0 Å². The summed E-state index contributed by atoms with van der Waals surface area (Å²) in [7, 11) is 0. The molecule has 0 spiro atoms. The fraction of sp³-hybridized carbons (Fsp3) is 0.533. The van der Waals surface area contributed by atoms with Gasteiger partial charge in [-0.25, -0.2) is 4.79 Å². The Labute approximate surface area is 128 Å². The zero-order chi connectivity index (χ0) is 15.9. The van der Waals surface area contributed by atoms with Crippen molar-refractivity contribution in [3.05, 3.63) is 24.2 Å². The number of ether oxygens (including phenoxy) is 1. The Morgan fingerprint density at radius 1 is 1.45 bits per heavy atom. The topological polar surface area (TPSA) is 88.9 Å². The molecule has 0 bridgehead atoms. The Kier molecular flexibility index (Phi) is 5.57. The molecule has 2 heterocycles. The number of furan rings is 1. The molecular weight excluding hydrogens is 288 g/mol. The minimum atomic E-state index is -0.557.